The van der Waals surface area contributed by atoms with E-state index in [1.54, 1.807) is 6.07 Å². The van der Waals surface area contributed by atoms with Gasteiger partial charge in [0.25, 0.3) is 10.0 Å². The molecule has 1 aliphatic heterocycles. The van der Waals surface area contributed by atoms with Crippen LogP contribution >= 0.6 is 0 Å². The molecule has 0 bridgehead atoms. The summed E-state index contributed by atoms with van der Waals surface area (Å²) in [5.41, 5.74) is 0. The highest BCUT2D eigenvalue weighted by atomic mass is 32.2. The topological polar surface area (TPSA) is 93.1 Å². The average molecular weight is 315 g/mol. The van der Waals surface area contributed by atoms with Gasteiger partial charge in [0.1, 0.15) is 17.5 Å². The monoisotopic (exact) mass is 315 g/mol. The first-order valence-corrected chi connectivity index (χ1v) is 7.83. The number of hydrogen-bond donors (Lipinski definition) is 1. The van der Waals surface area contributed by atoms with Crippen molar-refractivity contribution in [1.82, 2.24) is 4.31 Å². The Morgan fingerprint density at radius 3 is 2.33 bits per heavy atom. The van der Waals surface area contributed by atoms with Crippen LogP contribution in [0.2, 0.25) is 0 Å². The van der Waals surface area contributed by atoms with Crippen LogP contribution in [0.15, 0.2) is 23.1 Å². The summed E-state index contributed by atoms with van der Waals surface area (Å²) in [5, 5.41) is 9.18. The fourth-order valence-electron chi connectivity index (χ4n) is 2.46. The van der Waals surface area contributed by atoms with Gasteiger partial charge < -0.3 is 14.6 Å². The molecule has 1 saturated heterocycles. The molecule has 1 atom stereocenters. The lowest BCUT2D eigenvalue weighted by atomic mass is 10.2. The first-order chi connectivity index (χ1) is 9.93. The van der Waals surface area contributed by atoms with E-state index in [1.165, 1.54) is 26.4 Å². The zero-order chi connectivity index (χ0) is 15.6. The number of rotatable bonds is 5. The van der Waals surface area contributed by atoms with E-state index in [0.717, 1.165) is 4.31 Å². The first-order valence-electron chi connectivity index (χ1n) is 6.39. The van der Waals surface area contributed by atoms with Crippen molar-refractivity contribution in [1.29, 1.82) is 0 Å². The Kier molecular flexibility index (Phi) is 4.38. The minimum absolute atomic E-state index is 0.130. The van der Waals surface area contributed by atoms with Gasteiger partial charge in [-0.2, -0.15) is 4.31 Å². The normalized spacial score (nSPS) is 19.4. The summed E-state index contributed by atoms with van der Waals surface area (Å²) in [6.45, 7) is 0.167. The number of sulfonamides is 1. The van der Waals surface area contributed by atoms with E-state index in [4.69, 9.17) is 9.47 Å². The van der Waals surface area contributed by atoms with Crippen LogP contribution in [0.3, 0.4) is 0 Å². The zero-order valence-corrected chi connectivity index (χ0v) is 12.6. The molecule has 1 aliphatic rings. The molecule has 0 amide bonds. The molecule has 1 heterocycles. The lowest BCUT2D eigenvalue weighted by Gasteiger charge is -2.23. The minimum atomic E-state index is -4.02. The number of aliphatic carboxylic acids is 1. The van der Waals surface area contributed by atoms with Crippen molar-refractivity contribution in [3.63, 3.8) is 0 Å². The molecular formula is C13H17NO6S. The quantitative estimate of drug-likeness (QED) is 0.869. The molecule has 0 spiro atoms. The lowest BCUT2D eigenvalue weighted by Crippen LogP contribution is -2.40. The third kappa shape index (κ3) is 2.68. The predicted octanol–water partition coefficient (Wildman–Crippen LogP) is 0.942. The van der Waals surface area contributed by atoms with Crippen molar-refractivity contribution in [2.24, 2.45) is 0 Å². The fourth-order valence-corrected chi connectivity index (χ4v) is 4.41. The largest absolute Gasteiger partial charge is 0.495 e. The van der Waals surface area contributed by atoms with E-state index in [9.17, 15) is 18.3 Å². The van der Waals surface area contributed by atoms with Crippen molar-refractivity contribution in [3.8, 4) is 11.5 Å². The van der Waals surface area contributed by atoms with Gasteiger partial charge in [0, 0.05) is 6.54 Å². The van der Waals surface area contributed by atoms with E-state index in [0.29, 0.717) is 12.8 Å². The van der Waals surface area contributed by atoms with Crippen LogP contribution in [0, 0.1) is 0 Å². The molecule has 116 valence electrons. The molecule has 1 aromatic rings. The van der Waals surface area contributed by atoms with Crippen LogP contribution in [0.1, 0.15) is 12.8 Å². The van der Waals surface area contributed by atoms with Crippen LogP contribution in [0.25, 0.3) is 0 Å². The van der Waals surface area contributed by atoms with Crippen LogP contribution in [-0.4, -0.2) is 50.6 Å². The van der Waals surface area contributed by atoms with Gasteiger partial charge in [0.05, 0.1) is 14.2 Å². The summed E-state index contributed by atoms with van der Waals surface area (Å²) in [6.07, 6.45) is 0.805. The highest BCUT2D eigenvalue weighted by Gasteiger charge is 2.42. The van der Waals surface area contributed by atoms with Crippen molar-refractivity contribution in [3.05, 3.63) is 18.2 Å². The smallest absolute Gasteiger partial charge is 0.322 e. The number of ether oxygens (including phenoxy) is 2. The second-order valence-electron chi connectivity index (χ2n) is 4.60. The summed E-state index contributed by atoms with van der Waals surface area (Å²) in [6, 6.07) is 3.56. The number of nitrogens with zero attached hydrogens (tertiary/aromatic N) is 1. The third-order valence-electron chi connectivity index (χ3n) is 3.44. The highest BCUT2D eigenvalue weighted by Crippen LogP contribution is 2.37. The molecule has 1 unspecified atom stereocenters. The Morgan fingerprint density at radius 1 is 1.29 bits per heavy atom. The van der Waals surface area contributed by atoms with E-state index in [1.807, 2.05) is 0 Å². The summed E-state index contributed by atoms with van der Waals surface area (Å²) in [4.78, 5) is 11.1. The summed E-state index contributed by atoms with van der Waals surface area (Å²) < 4.78 is 36.8. The van der Waals surface area contributed by atoms with E-state index in [2.05, 4.69) is 0 Å². The Bertz CT molecular complexity index is 620. The van der Waals surface area contributed by atoms with E-state index >= 15 is 0 Å². The average Bonchev–Trinajstić information content (AvgIpc) is 2.96. The van der Waals surface area contributed by atoms with Crippen LogP contribution < -0.4 is 9.47 Å². The first kappa shape index (κ1) is 15.6. The second kappa shape index (κ2) is 5.90. The molecular weight excluding hydrogens is 298 g/mol. The van der Waals surface area contributed by atoms with Crippen LogP contribution in [0.4, 0.5) is 0 Å². The molecule has 2 rings (SSSR count). The van der Waals surface area contributed by atoms with Gasteiger partial charge in [-0.3, -0.25) is 4.79 Å². The third-order valence-corrected chi connectivity index (χ3v) is 5.41. The maximum Gasteiger partial charge on any atom is 0.322 e. The van der Waals surface area contributed by atoms with Crippen molar-refractivity contribution >= 4 is 16.0 Å². The number of carbonyl (C=O) groups is 1. The Labute approximate surface area is 123 Å². The molecule has 0 aliphatic carbocycles. The van der Waals surface area contributed by atoms with Gasteiger partial charge in [-0.1, -0.05) is 6.07 Å². The molecule has 0 saturated carbocycles. The standard InChI is InChI=1S/C13H17NO6S/c1-19-10-6-3-7-11(20-2)12(10)21(17,18)14-8-4-5-9(14)13(15)16/h3,6-7,9H,4-5,8H2,1-2H3,(H,15,16). The number of hydrogen-bond acceptors (Lipinski definition) is 5. The van der Waals surface area contributed by atoms with Gasteiger partial charge >= 0.3 is 5.97 Å². The van der Waals surface area contributed by atoms with Gasteiger partial charge in [-0.15, -0.1) is 0 Å². The van der Waals surface area contributed by atoms with Gasteiger partial charge in [0.2, 0.25) is 0 Å². The molecule has 1 N–H and O–H groups in total. The van der Waals surface area contributed by atoms with Crippen molar-refractivity contribution in [2.75, 3.05) is 20.8 Å². The fraction of sp³-hybridized carbons (Fsp3) is 0.462. The number of carboxylic acids is 1. The molecule has 21 heavy (non-hydrogen) atoms. The number of methoxy groups -OCH3 is 2. The van der Waals surface area contributed by atoms with Crippen molar-refractivity contribution < 1.29 is 27.8 Å². The van der Waals surface area contributed by atoms with Crippen molar-refractivity contribution in [2.45, 2.75) is 23.8 Å². The summed E-state index contributed by atoms with van der Waals surface area (Å²) in [7, 11) is -1.31. The minimum Gasteiger partial charge on any atom is -0.495 e. The van der Waals surface area contributed by atoms with Crippen LogP contribution in [0.5, 0.6) is 11.5 Å². The SMILES string of the molecule is COc1cccc(OC)c1S(=O)(=O)N1CCCC1C(=O)O. The maximum absolute atomic E-state index is 12.8. The predicted molar refractivity (Wildman–Crippen MR) is 74.1 cm³/mol. The molecule has 0 radical (unpaired) electrons. The highest BCUT2D eigenvalue weighted by molar-refractivity contribution is 7.89. The molecule has 1 aromatic carbocycles. The molecule has 8 heteroatoms. The molecule has 1 fully saturated rings. The molecule has 0 aromatic heterocycles. The Morgan fingerprint density at radius 2 is 1.86 bits per heavy atom. The van der Waals surface area contributed by atoms with E-state index < -0.39 is 22.0 Å². The number of benzene rings is 1. The van der Waals surface area contributed by atoms with Crippen LogP contribution in [-0.2, 0) is 14.8 Å². The second-order valence-corrected chi connectivity index (χ2v) is 6.43. The Balaban J connectivity index is 2.56. The lowest BCUT2D eigenvalue weighted by molar-refractivity contribution is -0.140. The summed E-state index contributed by atoms with van der Waals surface area (Å²) in [5.74, 6) is -0.888. The van der Waals surface area contributed by atoms with E-state index in [-0.39, 0.29) is 22.9 Å². The Hall–Kier alpha value is -1.80. The summed E-state index contributed by atoms with van der Waals surface area (Å²) >= 11 is 0. The maximum atomic E-state index is 12.8. The zero-order valence-electron chi connectivity index (χ0n) is 11.8. The van der Waals surface area contributed by atoms with Gasteiger partial charge in [-0.05, 0) is 25.0 Å². The molecule has 7 nitrogen and oxygen atoms in total. The number of carboxylic acid groups (broad SMARTS) is 1. The van der Waals surface area contributed by atoms with Gasteiger partial charge in [0.15, 0.2) is 4.90 Å². The van der Waals surface area contributed by atoms with Gasteiger partial charge in [-0.25, -0.2) is 8.42 Å².